The molecule has 98 valence electrons. The molecule has 1 N–H and O–H groups in total. The maximum absolute atomic E-state index is 11.9. The number of rotatable bonds is 4. The predicted molar refractivity (Wildman–Crippen MR) is 76.9 cm³/mol. The first kappa shape index (κ1) is 13.3. The highest BCUT2D eigenvalue weighted by Crippen LogP contribution is 2.16. The molecule has 0 aliphatic carbocycles. The minimum Gasteiger partial charge on any atom is -0.350 e. The zero-order valence-corrected chi connectivity index (χ0v) is 11.3. The van der Waals surface area contributed by atoms with Crippen molar-refractivity contribution in [2.75, 3.05) is 0 Å². The molecule has 1 aromatic heterocycles. The molecule has 1 unspecified atom stereocenters. The Hall–Kier alpha value is -2.16. The molecule has 2 rings (SSSR count). The lowest BCUT2D eigenvalue weighted by Crippen LogP contribution is -2.31. The molecular formula is C16H18N2O. The van der Waals surface area contributed by atoms with Gasteiger partial charge in [-0.3, -0.25) is 9.78 Å². The standard InChI is InChI=1S/C16H18N2O/c1-3-12(2)18-16(19)14-9-7-13(8-10-14)15-6-4-5-11-17-15/h4-12H,3H2,1-2H3,(H,18,19). The third-order valence-electron chi connectivity index (χ3n) is 3.10. The van der Waals surface area contributed by atoms with Gasteiger partial charge in [-0.1, -0.05) is 25.1 Å². The summed E-state index contributed by atoms with van der Waals surface area (Å²) in [6.07, 6.45) is 2.69. The van der Waals surface area contributed by atoms with Gasteiger partial charge in [0.25, 0.3) is 5.91 Å². The number of amides is 1. The van der Waals surface area contributed by atoms with Gasteiger partial charge in [0.2, 0.25) is 0 Å². The van der Waals surface area contributed by atoms with E-state index in [4.69, 9.17) is 0 Å². The topological polar surface area (TPSA) is 42.0 Å². The van der Waals surface area contributed by atoms with Gasteiger partial charge < -0.3 is 5.32 Å². The smallest absolute Gasteiger partial charge is 0.251 e. The van der Waals surface area contributed by atoms with E-state index >= 15 is 0 Å². The van der Waals surface area contributed by atoms with E-state index in [9.17, 15) is 4.79 Å². The fraction of sp³-hybridized carbons (Fsp3) is 0.250. The van der Waals surface area contributed by atoms with Gasteiger partial charge in [0, 0.05) is 23.4 Å². The van der Waals surface area contributed by atoms with Crippen LogP contribution in [0.1, 0.15) is 30.6 Å². The Bertz CT molecular complexity index is 534. The van der Waals surface area contributed by atoms with Gasteiger partial charge >= 0.3 is 0 Å². The van der Waals surface area contributed by atoms with Crippen LogP contribution in [0, 0.1) is 0 Å². The average molecular weight is 254 g/mol. The summed E-state index contributed by atoms with van der Waals surface area (Å²) in [7, 11) is 0. The van der Waals surface area contributed by atoms with Crippen molar-refractivity contribution in [2.45, 2.75) is 26.3 Å². The van der Waals surface area contributed by atoms with Gasteiger partial charge in [-0.15, -0.1) is 0 Å². The third-order valence-corrected chi connectivity index (χ3v) is 3.10. The lowest BCUT2D eigenvalue weighted by atomic mass is 10.1. The highest BCUT2D eigenvalue weighted by molar-refractivity contribution is 5.94. The highest BCUT2D eigenvalue weighted by atomic mass is 16.1. The molecule has 19 heavy (non-hydrogen) atoms. The predicted octanol–water partition coefficient (Wildman–Crippen LogP) is 3.28. The number of carbonyl (C=O) groups is 1. The van der Waals surface area contributed by atoms with Crippen molar-refractivity contribution >= 4 is 5.91 Å². The summed E-state index contributed by atoms with van der Waals surface area (Å²) in [5.74, 6) is -0.0260. The number of benzene rings is 1. The summed E-state index contributed by atoms with van der Waals surface area (Å²) in [4.78, 5) is 16.2. The Morgan fingerprint density at radius 2 is 1.95 bits per heavy atom. The van der Waals surface area contributed by atoms with Gasteiger partial charge in [0.15, 0.2) is 0 Å². The van der Waals surface area contributed by atoms with Crippen molar-refractivity contribution in [1.29, 1.82) is 0 Å². The van der Waals surface area contributed by atoms with Crippen molar-refractivity contribution in [3.8, 4) is 11.3 Å². The van der Waals surface area contributed by atoms with Gasteiger partial charge in [0.05, 0.1) is 5.69 Å². The molecule has 2 aromatic rings. The Morgan fingerprint density at radius 1 is 1.21 bits per heavy atom. The van der Waals surface area contributed by atoms with E-state index in [-0.39, 0.29) is 11.9 Å². The minimum atomic E-state index is -0.0260. The van der Waals surface area contributed by atoms with E-state index in [0.29, 0.717) is 5.56 Å². The Labute approximate surface area is 113 Å². The van der Waals surface area contributed by atoms with E-state index < -0.39 is 0 Å². The van der Waals surface area contributed by atoms with E-state index in [1.165, 1.54) is 0 Å². The first-order chi connectivity index (χ1) is 9.20. The largest absolute Gasteiger partial charge is 0.350 e. The number of nitrogens with one attached hydrogen (secondary N) is 1. The molecule has 1 heterocycles. The summed E-state index contributed by atoms with van der Waals surface area (Å²) in [6.45, 7) is 4.05. The molecular weight excluding hydrogens is 236 g/mol. The summed E-state index contributed by atoms with van der Waals surface area (Å²) in [5, 5.41) is 2.95. The zero-order chi connectivity index (χ0) is 13.7. The van der Waals surface area contributed by atoms with Gasteiger partial charge in [0.1, 0.15) is 0 Å². The summed E-state index contributed by atoms with van der Waals surface area (Å²) >= 11 is 0. The molecule has 3 nitrogen and oxygen atoms in total. The number of pyridine rings is 1. The molecule has 3 heteroatoms. The van der Waals surface area contributed by atoms with Gasteiger partial charge in [-0.05, 0) is 37.6 Å². The normalized spacial score (nSPS) is 11.9. The van der Waals surface area contributed by atoms with Gasteiger partial charge in [-0.2, -0.15) is 0 Å². The van der Waals surface area contributed by atoms with Crippen molar-refractivity contribution in [3.63, 3.8) is 0 Å². The minimum absolute atomic E-state index is 0.0260. The Balaban J connectivity index is 2.13. The Kier molecular flexibility index (Phi) is 4.29. The van der Waals surface area contributed by atoms with Gasteiger partial charge in [-0.25, -0.2) is 0 Å². The fourth-order valence-electron chi connectivity index (χ4n) is 1.74. The van der Waals surface area contributed by atoms with Crippen LogP contribution in [-0.4, -0.2) is 16.9 Å². The number of carbonyl (C=O) groups excluding carboxylic acids is 1. The first-order valence-electron chi connectivity index (χ1n) is 6.53. The van der Waals surface area contributed by atoms with Crippen LogP contribution in [0.2, 0.25) is 0 Å². The molecule has 1 amide bonds. The molecule has 0 aliphatic rings. The molecule has 0 saturated heterocycles. The molecule has 0 saturated carbocycles. The second-order valence-electron chi connectivity index (χ2n) is 4.58. The molecule has 1 atom stereocenters. The van der Waals surface area contributed by atoms with Crippen LogP contribution in [0.25, 0.3) is 11.3 Å². The highest BCUT2D eigenvalue weighted by Gasteiger charge is 2.08. The SMILES string of the molecule is CCC(C)NC(=O)c1ccc(-c2ccccn2)cc1. The fourth-order valence-corrected chi connectivity index (χ4v) is 1.74. The summed E-state index contributed by atoms with van der Waals surface area (Å²) < 4.78 is 0. The lowest BCUT2D eigenvalue weighted by molar-refractivity contribution is 0.0939. The van der Waals surface area contributed by atoms with Crippen LogP contribution in [0.15, 0.2) is 48.7 Å². The van der Waals surface area contributed by atoms with Crippen LogP contribution in [0.3, 0.4) is 0 Å². The molecule has 0 aliphatic heterocycles. The number of hydrogen-bond acceptors (Lipinski definition) is 2. The van der Waals surface area contributed by atoms with Crippen molar-refractivity contribution in [3.05, 3.63) is 54.2 Å². The summed E-state index contributed by atoms with van der Waals surface area (Å²) in [5.41, 5.74) is 2.61. The van der Waals surface area contributed by atoms with Crippen molar-refractivity contribution in [1.82, 2.24) is 10.3 Å². The van der Waals surface area contributed by atoms with Crippen molar-refractivity contribution < 1.29 is 4.79 Å². The number of hydrogen-bond donors (Lipinski definition) is 1. The van der Waals surface area contributed by atoms with Crippen molar-refractivity contribution in [2.24, 2.45) is 0 Å². The van der Waals surface area contributed by atoms with Crippen LogP contribution >= 0.6 is 0 Å². The molecule has 0 radical (unpaired) electrons. The van der Waals surface area contributed by atoms with Crippen LogP contribution < -0.4 is 5.32 Å². The Morgan fingerprint density at radius 3 is 2.53 bits per heavy atom. The molecule has 0 spiro atoms. The van der Waals surface area contributed by atoms with Crippen LogP contribution in [0.5, 0.6) is 0 Å². The van der Waals surface area contributed by atoms with E-state index in [0.717, 1.165) is 17.7 Å². The number of aromatic nitrogens is 1. The lowest BCUT2D eigenvalue weighted by Gasteiger charge is -2.11. The monoisotopic (exact) mass is 254 g/mol. The molecule has 0 bridgehead atoms. The zero-order valence-electron chi connectivity index (χ0n) is 11.3. The third kappa shape index (κ3) is 3.41. The second-order valence-corrected chi connectivity index (χ2v) is 4.58. The van der Waals surface area contributed by atoms with E-state index in [2.05, 4.69) is 17.2 Å². The second kappa shape index (κ2) is 6.14. The molecule has 1 aromatic carbocycles. The van der Waals surface area contributed by atoms with Crippen LogP contribution in [0.4, 0.5) is 0 Å². The maximum atomic E-state index is 11.9. The average Bonchev–Trinajstić information content (AvgIpc) is 2.48. The quantitative estimate of drug-likeness (QED) is 0.909. The van der Waals surface area contributed by atoms with E-state index in [1.54, 1.807) is 6.20 Å². The first-order valence-corrected chi connectivity index (χ1v) is 6.53. The van der Waals surface area contributed by atoms with E-state index in [1.807, 2.05) is 49.4 Å². The maximum Gasteiger partial charge on any atom is 0.251 e. The number of nitrogens with zero attached hydrogens (tertiary/aromatic N) is 1. The molecule has 0 fully saturated rings. The summed E-state index contributed by atoms with van der Waals surface area (Å²) in [6, 6.07) is 13.5. The van der Waals surface area contributed by atoms with Crippen LogP contribution in [-0.2, 0) is 0 Å².